The predicted octanol–water partition coefficient (Wildman–Crippen LogP) is 1.76. The Morgan fingerprint density at radius 2 is 1.93 bits per heavy atom. The molecule has 8 heteroatoms. The maximum absolute atomic E-state index is 12.4. The lowest BCUT2D eigenvalue weighted by Crippen LogP contribution is -2.45. The van der Waals surface area contributed by atoms with Crippen molar-refractivity contribution in [2.24, 2.45) is 0 Å². The van der Waals surface area contributed by atoms with Crippen LogP contribution in [0, 0.1) is 0 Å². The van der Waals surface area contributed by atoms with Crippen LogP contribution in [0.3, 0.4) is 0 Å². The van der Waals surface area contributed by atoms with Crippen molar-refractivity contribution in [1.82, 2.24) is 15.3 Å². The number of nitrogens with zero attached hydrogens (tertiary/aromatic N) is 3. The van der Waals surface area contributed by atoms with Gasteiger partial charge in [0.15, 0.2) is 5.79 Å². The zero-order chi connectivity index (χ0) is 19.4. The van der Waals surface area contributed by atoms with Crippen LogP contribution in [0.15, 0.2) is 36.7 Å². The van der Waals surface area contributed by atoms with E-state index in [1.807, 2.05) is 24.3 Å². The van der Waals surface area contributed by atoms with Gasteiger partial charge in [0, 0.05) is 38.0 Å². The maximum atomic E-state index is 12.4. The fourth-order valence-electron chi connectivity index (χ4n) is 3.58. The number of piperidine rings is 1. The van der Waals surface area contributed by atoms with Gasteiger partial charge in [0.25, 0.3) is 5.91 Å². The summed E-state index contributed by atoms with van der Waals surface area (Å²) in [7, 11) is 1.61. The first-order valence-corrected chi connectivity index (χ1v) is 9.44. The Morgan fingerprint density at radius 3 is 2.61 bits per heavy atom. The van der Waals surface area contributed by atoms with E-state index in [2.05, 4.69) is 20.2 Å². The van der Waals surface area contributed by atoms with E-state index in [-0.39, 0.29) is 11.6 Å². The van der Waals surface area contributed by atoms with Crippen molar-refractivity contribution < 1.29 is 19.0 Å². The van der Waals surface area contributed by atoms with Gasteiger partial charge in [-0.25, -0.2) is 9.97 Å². The first kappa shape index (κ1) is 18.6. The molecule has 2 saturated heterocycles. The molecular weight excluding hydrogens is 360 g/mol. The third kappa shape index (κ3) is 3.93. The van der Waals surface area contributed by atoms with Crippen molar-refractivity contribution in [3.8, 4) is 5.75 Å². The second-order valence-electron chi connectivity index (χ2n) is 6.85. The summed E-state index contributed by atoms with van der Waals surface area (Å²) in [4.78, 5) is 23.2. The SMILES string of the molecule is COc1ccccc1CNC(=O)c1cnc(N2CCC3(CC2)OCCO3)cn1. The molecule has 3 heterocycles. The number of carbonyl (C=O) groups excluding carboxylic acids is 1. The number of carbonyl (C=O) groups is 1. The lowest BCUT2D eigenvalue weighted by atomic mass is 10.0. The van der Waals surface area contributed by atoms with E-state index in [4.69, 9.17) is 14.2 Å². The summed E-state index contributed by atoms with van der Waals surface area (Å²) < 4.78 is 16.8. The molecule has 0 aliphatic carbocycles. The first-order chi connectivity index (χ1) is 13.7. The minimum atomic E-state index is -0.414. The standard InChI is InChI=1S/C20H24N4O4/c1-26-17-5-3-2-4-15(17)12-23-19(25)16-13-22-18(14-21-16)24-8-6-20(7-9-24)27-10-11-28-20/h2-5,13-14H,6-12H2,1H3,(H,23,25). The molecule has 2 fully saturated rings. The topological polar surface area (TPSA) is 85.8 Å². The smallest absolute Gasteiger partial charge is 0.271 e. The molecule has 28 heavy (non-hydrogen) atoms. The van der Waals surface area contributed by atoms with Gasteiger partial charge < -0.3 is 24.4 Å². The molecule has 1 N–H and O–H groups in total. The number of aromatic nitrogens is 2. The number of ether oxygens (including phenoxy) is 3. The van der Waals surface area contributed by atoms with Gasteiger partial charge in [0.2, 0.25) is 0 Å². The Labute approximate surface area is 163 Å². The molecule has 8 nitrogen and oxygen atoms in total. The Bertz CT molecular complexity index is 811. The zero-order valence-electron chi connectivity index (χ0n) is 15.9. The van der Waals surface area contributed by atoms with Crippen molar-refractivity contribution in [3.63, 3.8) is 0 Å². The summed E-state index contributed by atoms with van der Waals surface area (Å²) >= 11 is 0. The molecular formula is C20H24N4O4. The quantitative estimate of drug-likeness (QED) is 0.841. The fraction of sp³-hybridized carbons (Fsp3) is 0.450. The molecule has 2 aromatic rings. The molecule has 1 aromatic carbocycles. The van der Waals surface area contributed by atoms with Crippen LogP contribution in [-0.4, -0.2) is 55.1 Å². The van der Waals surface area contributed by atoms with E-state index in [0.717, 1.165) is 43.1 Å². The van der Waals surface area contributed by atoms with Crippen LogP contribution < -0.4 is 15.0 Å². The lowest BCUT2D eigenvalue weighted by Gasteiger charge is -2.37. The number of rotatable bonds is 5. The number of methoxy groups -OCH3 is 1. The number of benzene rings is 1. The zero-order valence-corrected chi connectivity index (χ0v) is 15.9. The van der Waals surface area contributed by atoms with Crippen LogP contribution in [0.25, 0.3) is 0 Å². The molecule has 1 spiro atoms. The summed E-state index contributed by atoms with van der Waals surface area (Å²) in [6, 6.07) is 7.57. The van der Waals surface area contributed by atoms with Crippen molar-refractivity contribution >= 4 is 11.7 Å². The fourth-order valence-corrected chi connectivity index (χ4v) is 3.58. The molecule has 0 radical (unpaired) electrons. The van der Waals surface area contributed by atoms with Gasteiger partial charge in [-0.2, -0.15) is 0 Å². The normalized spacial score (nSPS) is 18.2. The van der Waals surface area contributed by atoms with Crippen molar-refractivity contribution in [1.29, 1.82) is 0 Å². The van der Waals surface area contributed by atoms with Gasteiger partial charge in [-0.1, -0.05) is 18.2 Å². The molecule has 2 aliphatic rings. The van der Waals surface area contributed by atoms with Gasteiger partial charge >= 0.3 is 0 Å². The highest BCUT2D eigenvalue weighted by Gasteiger charge is 2.40. The van der Waals surface area contributed by atoms with Crippen LogP contribution in [0.5, 0.6) is 5.75 Å². The monoisotopic (exact) mass is 384 g/mol. The largest absolute Gasteiger partial charge is 0.496 e. The third-order valence-corrected chi connectivity index (χ3v) is 5.17. The van der Waals surface area contributed by atoms with Crippen LogP contribution >= 0.6 is 0 Å². The van der Waals surface area contributed by atoms with Crippen LogP contribution in [-0.2, 0) is 16.0 Å². The minimum Gasteiger partial charge on any atom is -0.496 e. The van der Waals surface area contributed by atoms with Gasteiger partial charge in [0.05, 0.1) is 32.7 Å². The van der Waals surface area contributed by atoms with Crippen molar-refractivity contribution in [2.45, 2.75) is 25.2 Å². The maximum Gasteiger partial charge on any atom is 0.271 e. The number of para-hydroxylation sites is 1. The molecule has 0 saturated carbocycles. The van der Waals surface area contributed by atoms with E-state index in [1.54, 1.807) is 13.3 Å². The summed E-state index contributed by atoms with van der Waals surface area (Å²) in [6.07, 6.45) is 4.76. The molecule has 4 rings (SSSR count). The second-order valence-corrected chi connectivity index (χ2v) is 6.85. The summed E-state index contributed by atoms with van der Waals surface area (Å²) in [5, 5.41) is 2.85. The highest BCUT2D eigenvalue weighted by molar-refractivity contribution is 5.92. The Hall–Kier alpha value is -2.71. The van der Waals surface area contributed by atoms with Crippen LogP contribution in [0.4, 0.5) is 5.82 Å². The number of hydrogen-bond acceptors (Lipinski definition) is 7. The Morgan fingerprint density at radius 1 is 1.18 bits per heavy atom. The lowest BCUT2D eigenvalue weighted by molar-refractivity contribution is -0.169. The van der Waals surface area contributed by atoms with E-state index in [9.17, 15) is 4.79 Å². The van der Waals surface area contributed by atoms with Crippen molar-refractivity contribution in [2.75, 3.05) is 38.3 Å². The van der Waals surface area contributed by atoms with Gasteiger partial charge in [-0.15, -0.1) is 0 Å². The third-order valence-electron chi connectivity index (χ3n) is 5.17. The molecule has 0 unspecified atom stereocenters. The summed E-state index contributed by atoms with van der Waals surface area (Å²) in [5.74, 6) is 0.814. The average Bonchev–Trinajstić information content (AvgIpc) is 3.21. The van der Waals surface area contributed by atoms with Crippen LogP contribution in [0.2, 0.25) is 0 Å². The highest BCUT2D eigenvalue weighted by Crippen LogP contribution is 2.32. The minimum absolute atomic E-state index is 0.268. The number of nitrogens with one attached hydrogen (secondary N) is 1. The summed E-state index contributed by atoms with van der Waals surface area (Å²) in [6.45, 7) is 3.26. The van der Waals surface area contributed by atoms with Crippen molar-refractivity contribution in [3.05, 3.63) is 47.9 Å². The average molecular weight is 384 g/mol. The molecule has 2 aliphatic heterocycles. The highest BCUT2D eigenvalue weighted by atomic mass is 16.7. The molecule has 1 aromatic heterocycles. The molecule has 148 valence electrons. The van der Waals surface area contributed by atoms with E-state index in [0.29, 0.717) is 19.8 Å². The Kier molecular flexibility index (Phi) is 5.40. The number of amides is 1. The number of anilines is 1. The van der Waals surface area contributed by atoms with Crippen LogP contribution in [0.1, 0.15) is 28.9 Å². The van der Waals surface area contributed by atoms with E-state index in [1.165, 1.54) is 6.20 Å². The van der Waals surface area contributed by atoms with Gasteiger partial charge in [-0.3, -0.25) is 4.79 Å². The molecule has 1 amide bonds. The van der Waals surface area contributed by atoms with E-state index >= 15 is 0 Å². The molecule has 0 atom stereocenters. The van der Waals surface area contributed by atoms with Gasteiger partial charge in [0.1, 0.15) is 17.3 Å². The van der Waals surface area contributed by atoms with E-state index < -0.39 is 5.79 Å². The summed E-state index contributed by atoms with van der Waals surface area (Å²) in [5.41, 5.74) is 1.19. The first-order valence-electron chi connectivity index (χ1n) is 9.44. The Balaban J connectivity index is 1.33. The predicted molar refractivity (Wildman–Crippen MR) is 102 cm³/mol. The van der Waals surface area contributed by atoms with Gasteiger partial charge in [-0.05, 0) is 6.07 Å². The molecule has 0 bridgehead atoms. The number of hydrogen-bond donors (Lipinski definition) is 1. The second kappa shape index (κ2) is 8.12.